The fourth-order valence-electron chi connectivity index (χ4n) is 3.20. The Morgan fingerprint density at radius 2 is 2.15 bits per heavy atom. The van der Waals surface area contributed by atoms with Crippen LogP contribution in [-0.4, -0.2) is 22.6 Å². The van der Waals surface area contributed by atoms with Gasteiger partial charge in [-0.15, -0.1) is 0 Å². The van der Waals surface area contributed by atoms with Crippen molar-refractivity contribution in [2.45, 2.75) is 39.2 Å². The van der Waals surface area contributed by atoms with Crippen LogP contribution in [0.2, 0.25) is 5.02 Å². The maximum absolute atomic E-state index is 6.07. The van der Waals surface area contributed by atoms with Crippen LogP contribution in [0.1, 0.15) is 32.0 Å². The van der Waals surface area contributed by atoms with E-state index in [4.69, 9.17) is 16.6 Å². The fourth-order valence-corrected chi connectivity index (χ4v) is 3.37. The number of fused-ring (bicyclic) bond motifs is 1. The Bertz CT molecular complexity index is 585. The van der Waals surface area contributed by atoms with Gasteiger partial charge in [0.25, 0.3) is 0 Å². The van der Waals surface area contributed by atoms with E-state index in [1.807, 2.05) is 12.1 Å². The highest BCUT2D eigenvalue weighted by atomic mass is 35.5. The van der Waals surface area contributed by atoms with E-state index in [2.05, 4.69) is 22.9 Å². The minimum absolute atomic E-state index is 0.767. The van der Waals surface area contributed by atoms with Gasteiger partial charge in [-0.25, -0.2) is 4.98 Å². The van der Waals surface area contributed by atoms with Crippen molar-refractivity contribution >= 4 is 22.6 Å². The number of rotatable bonds is 4. The molecular formula is C16H22ClN3. The molecule has 1 aliphatic rings. The zero-order valence-electron chi connectivity index (χ0n) is 12.0. The van der Waals surface area contributed by atoms with Gasteiger partial charge in [-0.3, -0.25) is 0 Å². The number of aromatic nitrogens is 2. The molecule has 1 aromatic heterocycles. The zero-order chi connectivity index (χ0) is 13.9. The number of nitrogens with one attached hydrogen (secondary N) is 1. The van der Waals surface area contributed by atoms with Gasteiger partial charge in [0, 0.05) is 18.0 Å². The predicted molar refractivity (Wildman–Crippen MR) is 84.3 cm³/mol. The van der Waals surface area contributed by atoms with E-state index < -0.39 is 0 Å². The van der Waals surface area contributed by atoms with Gasteiger partial charge in [0.05, 0.1) is 11.0 Å². The first kappa shape index (κ1) is 13.9. The Kier molecular flexibility index (Phi) is 4.27. The normalized spacial score (nSPS) is 16.9. The molecule has 0 radical (unpaired) electrons. The second-order valence-electron chi connectivity index (χ2n) is 5.64. The second-order valence-corrected chi connectivity index (χ2v) is 6.07. The van der Waals surface area contributed by atoms with Gasteiger partial charge < -0.3 is 9.88 Å². The van der Waals surface area contributed by atoms with E-state index >= 15 is 0 Å². The maximum atomic E-state index is 6.07. The van der Waals surface area contributed by atoms with Crippen molar-refractivity contribution in [2.24, 2.45) is 5.92 Å². The summed E-state index contributed by atoms with van der Waals surface area (Å²) in [6.45, 7) is 5.50. The van der Waals surface area contributed by atoms with Crippen molar-refractivity contribution in [2.75, 3.05) is 13.1 Å². The average Bonchev–Trinajstić information content (AvgIpc) is 2.82. The van der Waals surface area contributed by atoms with Gasteiger partial charge >= 0.3 is 0 Å². The number of halogens is 1. The van der Waals surface area contributed by atoms with Gasteiger partial charge in [0.1, 0.15) is 5.82 Å². The minimum atomic E-state index is 0.767. The highest BCUT2D eigenvalue weighted by Gasteiger charge is 2.15. The molecule has 1 fully saturated rings. The van der Waals surface area contributed by atoms with E-state index in [1.165, 1.54) is 43.7 Å². The van der Waals surface area contributed by atoms with Crippen molar-refractivity contribution in [3.63, 3.8) is 0 Å². The lowest BCUT2D eigenvalue weighted by Crippen LogP contribution is -2.28. The highest BCUT2D eigenvalue weighted by Crippen LogP contribution is 2.23. The SMILES string of the molecule is CCn1c(CCC2CCNCC2)nc2cc(Cl)ccc21. The topological polar surface area (TPSA) is 29.9 Å². The minimum Gasteiger partial charge on any atom is -0.328 e. The first-order valence-electron chi connectivity index (χ1n) is 7.63. The number of imidazole rings is 1. The number of aryl methyl sites for hydroxylation is 2. The predicted octanol–water partition coefficient (Wildman–Crippen LogP) is 3.64. The molecule has 0 saturated carbocycles. The van der Waals surface area contributed by atoms with Crippen molar-refractivity contribution in [1.29, 1.82) is 0 Å². The molecule has 0 atom stereocenters. The molecule has 0 aliphatic carbocycles. The van der Waals surface area contributed by atoms with Gasteiger partial charge in [-0.05, 0) is 63.4 Å². The van der Waals surface area contributed by atoms with Crippen molar-refractivity contribution < 1.29 is 0 Å². The Morgan fingerprint density at radius 3 is 2.90 bits per heavy atom. The van der Waals surface area contributed by atoms with E-state index in [0.29, 0.717) is 0 Å². The number of hydrogen-bond donors (Lipinski definition) is 1. The Balaban J connectivity index is 1.79. The summed E-state index contributed by atoms with van der Waals surface area (Å²) in [5.74, 6) is 2.06. The number of nitrogens with zero attached hydrogens (tertiary/aromatic N) is 2. The summed E-state index contributed by atoms with van der Waals surface area (Å²) in [5, 5.41) is 4.19. The summed E-state index contributed by atoms with van der Waals surface area (Å²) in [7, 11) is 0. The van der Waals surface area contributed by atoms with Crippen LogP contribution in [0.25, 0.3) is 11.0 Å². The van der Waals surface area contributed by atoms with Gasteiger partial charge in [-0.2, -0.15) is 0 Å². The van der Waals surface area contributed by atoms with Crippen LogP contribution in [0.5, 0.6) is 0 Å². The molecule has 3 nitrogen and oxygen atoms in total. The van der Waals surface area contributed by atoms with E-state index in [0.717, 1.165) is 29.4 Å². The van der Waals surface area contributed by atoms with Crippen LogP contribution in [0.4, 0.5) is 0 Å². The molecule has 1 aliphatic heterocycles. The molecule has 1 saturated heterocycles. The Labute approximate surface area is 125 Å². The number of benzene rings is 1. The van der Waals surface area contributed by atoms with Crippen LogP contribution in [0.3, 0.4) is 0 Å². The third kappa shape index (κ3) is 2.84. The van der Waals surface area contributed by atoms with E-state index in [-0.39, 0.29) is 0 Å². The number of hydrogen-bond acceptors (Lipinski definition) is 2. The summed E-state index contributed by atoms with van der Waals surface area (Å²) in [4.78, 5) is 4.79. The third-order valence-electron chi connectivity index (χ3n) is 4.34. The molecule has 20 heavy (non-hydrogen) atoms. The third-order valence-corrected chi connectivity index (χ3v) is 4.58. The van der Waals surface area contributed by atoms with Crippen LogP contribution < -0.4 is 5.32 Å². The molecule has 1 N–H and O–H groups in total. The lowest BCUT2D eigenvalue weighted by molar-refractivity contribution is 0.351. The smallest absolute Gasteiger partial charge is 0.109 e. The summed E-state index contributed by atoms with van der Waals surface area (Å²) < 4.78 is 2.33. The molecule has 0 bridgehead atoms. The molecule has 4 heteroatoms. The highest BCUT2D eigenvalue weighted by molar-refractivity contribution is 6.31. The summed E-state index contributed by atoms with van der Waals surface area (Å²) in [5.41, 5.74) is 2.23. The Morgan fingerprint density at radius 1 is 1.35 bits per heavy atom. The van der Waals surface area contributed by atoms with Crippen LogP contribution in [0, 0.1) is 5.92 Å². The molecule has 2 aromatic rings. The molecular weight excluding hydrogens is 270 g/mol. The zero-order valence-corrected chi connectivity index (χ0v) is 12.8. The lowest BCUT2D eigenvalue weighted by Gasteiger charge is -2.22. The molecule has 108 valence electrons. The van der Waals surface area contributed by atoms with Crippen molar-refractivity contribution in [3.05, 3.63) is 29.0 Å². The Hall–Kier alpha value is -1.06. The maximum Gasteiger partial charge on any atom is 0.109 e. The number of piperidine rings is 1. The molecule has 2 heterocycles. The lowest BCUT2D eigenvalue weighted by atomic mass is 9.93. The van der Waals surface area contributed by atoms with E-state index in [1.54, 1.807) is 0 Å². The summed E-state index contributed by atoms with van der Waals surface area (Å²) >= 11 is 6.07. The first-order chi connectivity index (χ1) is 9.78. The average molecular weight is 292 g/mol. The van der Waals surface area contributed by atoms with Gasteiger partial charge in [0.15, 0.2) is 0 Å². The molecule has 1 aromatic carbocycles. The summed E-state index contributed by atoms with van der Waals surface area (Å²) in [6.07, 6.45) is 4.93. The van der Waals surface area contributed by atoms with Gasteiger partial charge in [-0.1, -0.05) is 11.6 Å². The van der Waals surface area contributed by atoms with E-state index in [9.17, 15) is 0 Å². The van der Waals surface area contributed by atoms with Crippen LogP contribution >= 0.6 is 11.6 Å². The molecule has 0 unspecified atom stereocenters. The quantitative estimate of drug-likeness (QED) is 0.932. The van der Waals surface area contributed by atoms with Crippen molar-refractivity contribution in [1.82, 2.24) is 14.9 Å². The first-order valence-corrected chi connectivity index (χ1v) is 8.01. The fraction of sp³-hybridized carbons (Fsp3) is 0.562. The largest absolute Gasteiger partial charge is 0.328 e. The standard InChI is InChI=1S/C16H22ClN3/c1-2-20-15-5-4-13(17)11-14(15)19-16(20)6-3-12-7-9-18-10-8-12/h4-5,11-12,18H,2-3,6-10H2,1H3. The molecule has 3 rings (SSSR count). The molecule has 0 amide bonds. The second kappa shape index (κ2) is 6.15. The van der Waals surface area contributed by atoms with Crippen LogP contribution in [-0.2, 0) is 13.0 Å². The van der Waals surface area contributed by atoms with Crippen LogP contribution in [0.15, 0.2) is 18.2 Å². The summed E-state index contributed by atoms with van der Waals surface area (Å²) in [6, 6.07) is 6.01. The van der Waals surface area contributed by atoms with Crippen molar-refractivity contribution in [3.8, 4) is 0 Å². The monoisotopic (exact) mass is 291 g/mol. The molecule has 0 spiro atoms. The van der Waals surface area contributed by atoms with Gasteiger partial charge in [0.2, 0.25) is 0 Å².